The van der Waals surface area contributed by atoms with E-state index in [-0.39, 0.29) is 12.5 Å². The molecule has 0 heterocycles. The van der Waals surface area contributed by atoms with Crippen LogP contribution >= 0.6 is 0 Å². The zero-order valence-corrected chi connectivity index (χ0v) is 10.9. The maximum absolute atomic E-state index is 11.9. The van der Waals surface area contributed by atoms with Gasteiger partial charge in [-0.1, -0.05) is 20.3 Å². The van der Waals surface area contributed by atoms with Gasteiger partial charge in [0, 0.05) is 13.2 Å². The van der Waals surface area contributed by atoms with Gasteiger partial charge in [-0.05, 0) is 19.8 Å². The van der Waals surface area contributed by atoms with Crippen molar-refractivity contribution in [2.45, 2.75) is 46.1 Å². The summed E-state index contributed by atoms with van der Waals surface area (Å²) in [6.45, 7) is 6.36. The van der Waals surface area contributed by atoms with Gasteiger partial charge >= 0.3 is 5.97 Å². The number of ether oxygens (including phenoxy) is 1. The van der Waals surface area contributed by atoms with Crippen LogP contribution in [0.4, 0.5) is 0 Å². The maximum Gasteiger partial charge on any atom is 0.323 e. The van der Waals surface area contributed by atoms with Crippen LogP contribution in [0, 0.1) is 0 Å². The minimum Gasteiger partial charge on any atom is -0.480 e. The molecule has 1 unspecified atom stereocenters. The number of nitrogens with zero attached hydrogens (tertiary/aromatic N) is 1. The second kappa shape index (κ2) is 8.98. The molecule has 5 heteroatoms. The molecule has 1 N–H and O–H groups in total. The fraction of sp³-hybridized carbons (Fsp3) is 0.833. The molecule has 0 saturated carbocycles. The Kier molecular flexibility index (Phi) is 8.40. The predicted octanol–water partition coefficient (Wildman–Crippen LogP) is 1.51. The number of carboxylic acid groups (broad SMARTS) is 1. The van der Waals surface area contributed by atoms with Gasteiger partial charge in [0.15, 0.2) is 0 Å². The number of unbranched alkanes of at least 4 members (excludes halogenated alkanes) is 1. The zero-order valence-electron chi connectivity index (χ0n) is 10.9. The Bertz CT molecular complexity index is 243. The summed E-state index contributed by atoms with van der Waals surface area (Å²) in [6, 6.07) is 0. The third kappa shape index (κ3) is 6.94. The van der Waals surface area contributed by atoms with Crippen molar-refractivity contribution < 1.29 is 19.4 Å². The van der Waals surface area contributed by atoms with E-state index in [1.54, 1.807) is 6.92 Å². The average Bonchev–Trinajstić information content (AvgIpc) is 2.27. The normalized spacial score (nSPS) is 12.2. The van der Waals surface area contributed by atoms with Gasteiger partial charge in [-0.15, -0.1) is 0 Å². The molecule has 100 valence electrons. The first-order valence-corrected chi connectivity index (χ1v) is 6.15. The molecule has 5 nitrogen and oxygen atoms in total. The molecule has 1 atom stereocenters. The molecule has 0 aromatic heterocycles. The molecular formula is C12H23NO4. The van der Waals surface area contributed by atoms with E-state index in [4.69, 9.17) is 9.84 Å². The molecule has 0 aromatic rings. The predicted molar refractivity (Wildman–Crippen MR) is 64.8 cm³/mol. The number of aliphatic carboxylic acids is 1. The lowest BCUT2D eigenvalue weighted by molar-refractivity contribution is -0.150. The molecule has 0 saturated heterocycles. The fourth-order valence-corrected chi connectivity index (χ4v) is 1.43. The summed E-state index contributed by atoms with van der Waals surface area (Å²) >= 11 is 0. The van der Waals surface area contributed by atoms with Crippen LogP contribution in [0.1, 0.15) is 40.0 Å². The molecule has 0 aliphatic rings. The number of carbonyl (C=O) groups is 2. The topological polar surface area (TPSA) is 66.8 Å². The van der Waals surface area contributed by atoms with E-state index in [0.717, 1.165) is 19.3 Å². The Labute approximate surface area is 103 Å². The van der Waals surface area contributed by atoms with Crippen LogP contribution < -0.4 is 0 Å². The van der Waals surface area contributed by atoms with Crippen LogP contribution in [-0.4, -0.2) is 47.7 Å². The van der Waals surface area contributed by atoms with Crippen LogP contribution in [0.2, 0.25) is 0 Å². The monoisotopic (exact) mass is 245 g/mol. The summed E-state index contributed by atoms with van der Waals surface area (Å²) in [5.74, 6) is -1.24. The summed E-state index contributed by atoms with van der Waals surface area (Å²) in [5.41, 5.74) is 0. The Morgan fingerprint density at radius 3 is 2.41 bits per heavy atom. The molecule has 0 spiro atoms. The second-order valence-electron chi connectivity index (χ2n) is 4.02. The lowest BCUT2D eigenvalue weighted by atomic mass is 10.3. The van der Waals surface area contributed by atoms with Crippen molar-refractivity contribution in [3.63, 3.8) is 0 Å². The van der Waals surface area contributed by atoms with Crippen molar-refractivity contribution in [3.05, 3.63) is 0 Å². The Morgan fingerprint density at radius 2 is 1.94 bits per heavy atom. The molecule has 17 heavy (non-hydrogen) atoms. The van der Waals surface area contributed by atoms with Gasteiger partial charge in [-0.25, -0.2) is 0 Å². The highest BCUT2D eigenvalue weighted by molar-refractivity contribution is 5.84. The SMILES string of the molecule is CCCCOC(C)C(=O)N(CCC)CC(=O)O. The smallest absolute Gasteiger partial charge is 0.323 e. The average molecular weight is 245 g/mol. The van der Waals surface area contributed by atoms with Crippen LogP contribution in [0.15, 0.2) is 0 Å². The lowest BCUT2D eigenvalue weighted by Gasteiger charge is -2.23. The highest BCUT2D eigenvalue weighted by Crippen LogP contribution is 2.02. The molecular weight excluding hydrogens is 222 g/mol. The minimum atomic E-state index is -0.993. The van der Waals surface area contributed by atoms with E-state index in [1.165, 1.54) is 4.90 Å². The van der Waals surface area contributed by atoms with Gasteiger partial charge < -0.3 is 14.7 Å². The van der Waals surface area contributed by atoms with E-state index < -0.39 is 12.1 Å². The quantitative estimate of drug-likeness (QED) is 0.625. The van der Waals surface area contributed by atoms with Crippen molar-refractivity contribution in [2.75, 3.05) is 19.7 Å². The summed E-state index contributed by atoms with van der Waals surface area (Å²) < 4.78 is 5.37. The van der Waals surface area contributed by atoms with Gasteiger partial charge in [-0.3, -0.25) is 9.59 Å². The number of hydrogen-bond donors (Lipinski definition) is 1. The van der Waals surface area contributed by atoms with Gasteiger partial charge in [-0.2, -0.15) is 0 Å². The Balaban J connectivity index is 4.22. The largest absolute Gasteiger partial charge is 0.480 e. The number of hydrogen-bond acceptors (Lipinski definition) is 3. The first kappa shape index (κ1) is 15.9. The van der Waals surface area contributed by atoms with Gasteiger partial charge in [0.25, 0.3) is 5.91 Å². The summed E-state index contributed by atoms with van der Waals surface area (Å²) in [7, 11) is 0. The van der Waals surface area contributed by atoms with E-state index in [9.17, 15) is 9.59 Å². The van der Waals surface area contributed by atoms with Gasteiger partial charge in [0.05, 0.1) is 0 Å². The third-order valence-electron chi connectivity index (χ3n) is 2.34. The molecule has 0 rings (SSSR count). The molecule has 0 fully saturated rings. The van der Waals surface area contributed by atoms with E-state index >= 15 is 0 Å². The van der Waals surface area contributed by atoms with E-state index in [2.05, 4.69) is 0 Å². The first-order valence-electron chi connectivity index (χ1n) is 6.15. The van der Waals surface area contributed by atoms with Crippen molar-refractivity contribution in [3.8, 4) is 0 Å². The summed E-state index contributed by atoms with van der Waals surface area (Å²) in [4.78, 5) is 23.9. The summed E-state index contributed by atoms with van der Waals surface area (Å²) in [5, 5.41) is 8.72. The van der Waals surface area contributed by atoms with E-state index in [1.807, 2.05) is 13.8 Å². The van der Waals surface area contributed by atoms with Crippen molar-refractivity contribution in [1.29, 1.82) is 0 Å². The van der Waals surface area contributed by atoms with Crippen LogP contribution in [0.5, 0.6) is 0 Å². The van der Waals surface area contributed by atoms with Crippen molar-refractivity contribution >= 4 is 11.9 Å². The Hall–Kier alpha value is -1.10. The van der Waals surface area contributed by atoms with Crippen molar-refractivity contribution in [1.82, 2.24) is 4.90 Å². The third-order valence-corrected chi connectivity index (χ3v) is 2.34. The Morgan fingerprint density at radius 1 is 1.29 bits per heavy atom. The van der Waals surface area contributed by atoms with Crippen molar-refractivity contribution in [2.24, 2.45) is 0 Å². The molecule has 0 bridgehead atoms. The first-order chi connectivity index (χ1) is 8.02. The van der Waals surface area contributed by atoms with Crippen LogP contribution in [-0.2, 0) is 14.3 Å². The number of amides is 1. The molecule has 0 aromatic carbocycles. The van der Waals surface area contributed by atoms with E-state index in [0.29, 0.717) is 13.2 Å². The zero-order chi connectivity index (χ0) is 13.3. The van der Waals surface area contributed by atoms with Crippen LogP contribution in [0.25, 0.3) is 0 Å². The number of carbonyl (C=O) groups excluding carboxylic acids is 1. The number of rotatable bonds is 9. The second-order valence-corrected chi connectivity index (χ2v) is 4.02. The highest BCUT2D eigenvalue weighted by Gasteiger charge is 2.22. The lowest BCUT2D eigenvalue weighted by Crippen LogP contribution is -2.42. The highest BCUT2D eigenvalue weighted by atomic mass is 16.5. The standard InChI is InChI=1S/C12H23NO4/c1-4-6-8-17-10(3)12(16)13(7-5-2)9-11(14)15/h10H,4-9H2,1-3H3,(H,14,15). The minimum absolute atomic E-state index is 0.245. The molecule has 0 radical (unpaired) electrons. The fourth-order valence-electron chi connectivity index (χ4n) is 1.43. The molecule has 0 aliphatic carbocycles. The maximum atomic E-state index is 11.9. The van der Waals surface area contributed by atoms with Gasteiger partial charge in [0.1, 0.15) is 12.6 Å². The summed E-state index contributed by atoms with van der Waals surface area (Å²) in [6.07, 6.45) is 2.09. The number of carboxylic acids is 1. The van der Waals surface area contributed by atoms with Crippen LogP contribution in [0.3, 0.4) is 0 Å². The van der Waals surface area contributed by atoms with Gasteiger partial charge in [0.2, 0.25) is 0 Å². The molecule has 0 aliphatic heterocycles. The molecule has 1 amide bonds.